The van der Waals surface area contributed by atoms with E-state index in [4.69, 9.17) is 32.0 Å². The summed E-state index contributed by atoms with van der Waals surface area (Å²) in [5, 5.41) is 53.9. The van der Waals surface area contributed by atoms with Gasteiger partial charge in [0.2, 0.25) is 0 Å². The van der Waals surface area contributed by atoms with E-state index in [1.54, 1.807) is 0 Å². The fourth-order valence-electron chi connectivity index (χ4n) is 5.71. The summed E-state index contributed by atoms with van der Waals surface area (Å²) in [5.74, 6) is 5.93. The summed E-state index contributed by atoms with van der Waals surface area (Å²) in [6.45, 7) is 13.3. The van der Waals surface area contributed by atoms with Gasteiger partial charge in [-0.1, -0.05) is 106 Å². The van der Waals surface area contributed by atoms with Crippen LogP contribution >= 0.6 is 15.9 Å². The molecule has 0 heterocycles. The Labute approximate surface area is 298 Å². The standard InChI is InChI=1S/C20H32O2Si.C11H12O2.C9H11BrO2/c1-15(2)23(16(3)4,17(5)6)12-11-18-7-9-19(10-8-18)13-20(22)14-21;1-2-9-3-5-10(6-4-9)7-11(13)8-12;10-8-3-1-7(2-4-8)5-9(12)6-11/h7-10,15-17,20-22H,13-14H2,1-6H3;1,3-6,11-13H,7-8H2;1-4,9,11-12H,5-6H2. The Kier molecular flexibility index (Phi) is 20.5. The van der Waals surface area contributed by atoms with Crippen molar-refractivity contribution in [1.29, 1.82) is 0 Å². The van der Waals surface area contributed by atoms with E-state index in [2.05, 4.69) is 74.9 Å². The number of hydrogen-bond acceptors (Lipinski definition) is 6. The summed E-state index contributed by atoms with van der Waals surface area (Å²) in [7, 11) is -1.69. The van der Waals surface area contributed by atoms with Gasteiger partial charge in [-0.2, -0.15) is 0 Å². The summed E-state index contributed by atoms with van der Waals surface area (Å²) in [5.41, 5.74) is 10.5. The van der Waals surface area contributed by atoms with E-state index >= 15 is 0 Å². The molecule has 0 radical (unpaired) electrons. The van der Waals surface area contributed by atoms with Crippen molar-refractivity contribution in [2.45, 2.75) is 95.7 Å². The van der Waals surface area contributed by atoms with Crippen molar-refractivity contribution >= 4 is 24.0 Å². The first kappa shape index (κ1) is 43.3. The fraction of sp³-hybridized carbons (Fsp3) is 0.450. The van der Waals surface area contributed by atoms with Gasteiger partial charge in [-0.15, -0.1) is 12.0 Å². The molecule has 262 valence electrons. The minimum atomic E-state index is -1.69. The highest BCUT2D eigenvalue weighted by Gasteiger charge is 2.41. The van der Waals surface area contributed by atoms with Crippen molar-refractivity contribution in [1.82, 2.24) is 0 Å². The molecule has 0 bridgehead atoms. The van der Waals surface area contributed by atoms with E-state index in [0.29, 0.717) is 35.9 Å². The molecule has 0 fully saturated rings. The van der Waals surface area contributed by atoms with Crippen LogP contribution in [0, 0.1) is 23.8 Å². The average Bonchev–Trinajstić information content (AvgIpc) is 3.07. The summed E-state index contributed by atoms with van der Waals surface area (Å²) < 4.78 is 1.02. The highest BCUT2D eigenvalue weighted by molar-refractivity contribution is 9.10. The van der Waals surface area contributed by atoms with Gasteiger partial charge in [-0.25, -0.2) is 0 Å². The molecule has 0 saturated heterocycles. The van der Waals surface area contributed by atoms with Gasteiger partial charge >= 0.3 is 0 Å². The fourth-order valence-corrected chi connectivity index (χ4v) is 11.2. The molecular weight excluding hydrogens is 684 g/mol. The third-order valence-electron chi connectivity index (χ3n) is 8.32. The average molecular weight is 740 g/mol. The van der Waals surface area contributed by atoms with Gasteiger partial charge in [-0.05, 0) is 69.7 Å². The lowest BCUT2D eigenvalue weighted by molar-refractivity contribution is 0.0954. The summed E-state index contributed by atoms with van der Waals surface area (Å²) in [6, 6.07) is 23.0. The number of aliphatic hydroxyl groups excluding tert-OH is 6. The molecule has 0 aliphatic heterocycles. The van der Waals surface area contributed by atoms with Crippen LogP contribution in [0.15, 0.2) is 77.3 Å². The Morgan fingerprint density at radius 3 is 1.17 bits per heavy atom. The van der Waals surface area contributed by atoms with Crippen molar-refractivity contribution in [2.75, 3.05) is 19.8 Å². The van der Waals surface area contributed by atoms with Gasteiger partial charge < -0.3 is 30.6 Å². The molecular formula is C40H55BrO6Si. The Morgan fingerprint density at radius 1 is 0.562 bits per heavy atom. The van der Waals surface area contributed by atoms with E-state index < -0.39 is 26.4 Å². The molecule has 8 heteroatoms. The first-order valence-electron chi connectivity index (χ1n) is 16.5. The number of halogens is 1. The van der Waals surface area contributed by atoms with Crippen LogP contribution in [0.5, 0.6) is 0 Å². The van der Waals surface area contributed by atoms with Crippen molar-refractivity contribution in [3.8, 4) is 23.8 Å². The predicted octanol–water partition coefficient (Wildman–Crippen LogP) is 6.06. The second-order valence-corrected chi connectivity index (χ2v) is 19.4. The molecule has 0 spiro atoms. The van der Waals surface area contributed by atoms with Crippen molar-refractivity contribution < 1.29 is 30.6 Å². The number of terminal acetylenes is 1. The second kappa shape index (κ2) is 22.8. The van der Waals surface area contributed by atoms with E-state index in [-0.39, 0.29) is 19.8 Å². The van der Waals surface area contributed by atoms with Crippen LogP contribution in [-0.4, -0.2) is 76.8 Å². The van der Waals surface area contributed by atoms with Gasteiger partial charge in [0.15, 0.2) is 0 Å². The highest BCUT2D eigenvalue weighted by Crippen LogP contribution is 2.40. The quantitative estimate of drug-likeness (QED) is 0.0994. The largest absolute Gasteiger partial charge is 0.394 e. The third-order valence-corrected chi connectivity index (χ3v) is 15.1. The summed E-state index contributed by atoms with van der Waals surface area (Å²) >= 11 is 3.32. The lowest BCUT2D eigenvalue weighted by Gasteiger charge is -2.38. The maximum Gasteiger partial charge on any atom is 0.146 e. The van der Waals surface area contributed by atoms with Crippen LogP contribution in [0.3, 0.4) is 0 Å². The van der Waals surface area contributed by atoms with E-state index in [9.17, 15) is 5.11 Å². The zero-order valence-electron chi connectivity index (χ0n) is 29.3. The minimum Gasteiger partial charge on any atom is -0.394 e. The SMILES string of the molecule is C#Cc1ccc(CC(O)CO)cc1.CC(C)[Si](C#Cc1ccc(CC(O)CO)cc1)(C(C)C)C(C)C.OCC(O)Cc1ccc(Br)cc1. The zero-order valence-corrected chi connectivity index (χ0v) is 31.9. The molecule has 3 unspecified atom stereocenters. The monoisotopic (exact) mass is 738 g/mol. The topological polar surface area (TPSA) is 121 Å². The van der Waals surface area contributed by atoms with Crippen molar-refractivity contribution in [3.05, 3.63) is 105 Å². The molecule has 3 rings (SSSR count). The maximum atomic E-state index is 9.50. The Morgan fingerprint density at radius 2 is 0.875 bits per heavy atom. The number of aliphatic hydroxyl groups is 6. The van der Waals surface area contributed by atoms with Gasteiger partial charge in [0.05, 0.1) is 38.1 Å². The number of rotatable bonds is 12. The second-order valence-electron chi connectivity index (χ2n) is 12.9. The minimum absolute atomic E-state index is 0.184. The molecule has 48 heavy (non-hydrogen) atoms. The van der Waals surface area contributed by atoms with Crippen LogP contribution in [0.4, 0.5) is 0 Å². The van der Waals surface area contributed by atoms with E-state index in [0.717, 1.165) is 32.3 Å². The Balaban J connectivity index is 0.000000390. The van der Waals surface area contributed by atoms with Crippen LogP contribution in [0.25, 0.3) is 0 Å². The molecule has 6 N–H and O–H groups in total. The van der Waals surface area contributed by atoms with Crippen LogP contribution < -0.4 is 0 Å². The highest BCUT2D eigenvalue weighted by atomic mass is 79.9. The first-order valence-corrected chi connectivity index (χ1v) is 19.5. The molecule has 3 atom stereocenters. The Hall–Kier alpha value is -2.76. The normalized spacial score (nSPS) is 12.9. The van der Waals surface area contributed by atoms with Crippen molar-refractivity contribution in [2.24, 2.45) is 0 Å². The molecule has 0 aromatic heterocycles. The van der Waals surface area contributed by atoms with Crippen LogP contribution in [0.2, 0.25) is 16.6 Å². The smallest absolute Gasteiger partial charge is 0.146 e. The molecule has 0 aliphatic rings. The van der Waals surface area contributed by atoms with Crippen molar-refractivity contribution in [3.63, 3.8) is 0 Å². The molecule has 0 aliphatic carbocycles. The number of hydrogen-bond donors (Lipinski definition) is 6. The molecule has 6 nitrogen and oxygen atoms in total. The first-order chi connectivity index (χ1) is 22.7. The maximum absolute atomic E-state index is 9.50. The molecule has 0 saturated carbocycles. The molecule has 3 aromatic rings. The lowest BCUT2D eigenvalue weighted by atomic mass is 10.1. The Bertz CT molecular complexity index is 1380. The van der Waals surface area contributed by atoms with E-state index in [1.165, 1.54) is 0 Å². The molecule has 0 amide bonds. The third kappa shape index (κ3) is 15.2. The van der Waals surface area contributed by atoms with Gasteiger partial charge in [0.25, 0.3) is 0 Å². The van der Waals surface area contributed by atoms with Gasteiger partial charge in [-0.3, -0.25) is 0 Å². The predicted molar refractivity (Wildman–Crippen MR) is 203 cm³/mol. The lowest BCUT2D eigenvalue weighted by Crippen LogP contribution is -2.43. The summed E-state index contributed by atoms with van der Waals surface area (Å²) in [4.78, 5) is 0. The summed E-state index contributed by atoms with van der Waals surface area (Å²) in [6.07, 6.45) is 4.61. The zero-order chi connectivity index (χ0) is 36.3. The van der Waals surface area contributed by atoms with Gasteiger partial charge in [0, 0.05) is 34.9 Å². The van der Waals surface area contributed by atoms with E-state index in [1.807, 2.05) is 72.8 Å². The van der Waals surface area contributed by atoms with Crippen LogP contribution in [0.1, 0.15) is 69.4 Å². The van der Waals surface area contributed by atoms with Gasteiger partial charge in [0.1, 0.15) is 8.07 Å². The van der Waals surface area contributed by atoms with Crippen LogP contribution in [-0.2, 0) is 19.3 Å². The number of benzene rings is 3. The molecule has 3 aromatic carbocycles.